The van der Waals surface area contributed by atoms with Gasteiger partial charge in [-0.1, -0.05) is 42.5 Å². The molecule has 130 valence electrons. The minimum atomic E-state index is -0.00278. The highest BCUT2D eigenvalue weighted by atomic mass is 32.1. The van der Waals surface area contributed by atoms with Crippen molar-refractivity contribution in [2.45, 2.75) is 12.8 Å². The number of thiophene rings is 1. The summed E-state index contributed by atoms with van der Waals surface area (Å²) >= 11 is 1.72. The summed E-state index contributed by atoms with van der Waals surface area (Å²) in [5.74, 6) is -0.00278. The lowest BCUT2D eigenvalue weighted by Crippen LogP contribution is -2.26. The molecule has 0 radical (unpaired) electrons. The molecule has 2 N–H and O–H groups in total. The van der Waals surface area contributed by atoms with Gasteiger partial charge in [0.05, 0.1) is 0 Å². The molecule has 2 heterocycles. The molecule has 0 unspecified atom stereocenters. The zero-order chi connectivity index (χ0) is 17.8. The maximum absolute atomic E-state index is 12.7. The number of H-pyrrole nitrogens is 1. The zero-order valence-electron chi connectivity index (χ0n) is 14.4. The number of hydrogen-bond donors (Lipinski definition) is 2. The van der Waals surface area contributed by atoms with Gasteiger partial charge in [-0.15, -0.1) is 11.3 Å². The van der Waals surface area contributed by atoms with E-state index < -0.39 is 0 Å². The second-order valence-corrected chi connectivity index (χ2v) is 7.31. The first-order chi connectivity index (χ1) is 12.8. The maximum atomic E-state index is 12.7. The van der Waals surface area contributed by atoms with Crippen molar-refractivity contribution in [1.29, 1.82) is 0 Å². The van der Waals surface area contributed by atoms with Crippen LogP contribution in [-0.2, 0) is 12.8 Å². The molecule has 0 atom stereocenters. The topological polar surface area (TPSA) is 44.9 Å². The number of rotatable bonds is 6. The Morgan fingerprint density at radius 3 is 2.69 bits per heavy atom. The Labute approximate surface area is 156 Å². The number of fused-ring (bicyclic) bond motifs is 1. The fourth-order valence-corrected chi connectivity index (χ4v) is 3.97. The molecular formula is C22H20N2OS. The van der Waals surface area contributed by atoms with E-state index in [0.717, 1.165) is 29.5 Å². The van der Waals surface area contributed by atoms with Gasteiger partial charge in [0.2, 0.25) is 0 Å². The second-order valence-electron chi connectivity index (χ2n) is 6.28. The van der Waals surface area contributed by atoms with E-state index >= 15 is 0 Å². The van der Waals surface area contributed by atoms with Crippen molar-refractivity contribution in [1.82, 2.24) is 10.3 Å². The van der Waals surface area contributed by atoms with Gasteiger partial charge < -0.3 is 10.3 Å². The van der Waals surface area contributed by atoms with Gasteiger partial charge in [0.1, 0.15) is 0 Å². The maximum Gasteiger partial charge on any atom is 0.251 e. The molecule has 2 aromatic heterocycles. The number of benzene rings is 2. The van der Waals surface area contributed by atoms with E-state index in [4.69, 9.17) is 0 Å². The lowest BCUT2D eigenvalue weighted by Gasteiger charge is -2.09. The minimum absolute atomic E-state index is 0.00278. The second kappa shape index (κ2) is 7.58. The molecule has 1 amide bonds. The predicted octanol–water partition coefficient (Wildman–Crippen LogP) is 4.79. The Morgan fingerprint density at radius 2 is 1.81 bits per heavy atom. The summed E-state index contributed by atoms with van der Waals surface area (Å²) in [5, 5.41) is 6.36. The largest absolute Gasteiger partial charge is 0.361 e. The molecular weight excluding hydrogens is 340 g/mol. The summed E-state index contributed by atoms with van der Waals surface area (Å²) in [6.45, 7) is 0.619. The number of aromatic amines is 1. The SMILES string of the molecule is O=C(NCCc1c[nH]c2ccccc12)c1ccccc1Cc1cccs1. The Hall–Kier alpha value is -2.85. The van der Waals surface area contributed by atoms with Crippen LogP contribution in [0.1, 0.15) is 26.4 Å². The van der Waals surface area contributed by atoms with Gasteiger partial charge in [0, 0.05) is 40.5 Å². The van der Waals surface area contributed by atoms with E-state index in [0.29, 0.717) is 6.54 Å². The van der Waals surface area contributed by atoms with E-state index in [1.807, 2.05) is 48.7 Å². The monoisotopic (exact) mass is 360 g/mol. The van der Waals surface area contributed by atoms with Crippen LogP contribution in [0.4, 0.5) is 0 Å². The van der Waals surface area contributed by atoms with E-state index in [2.05, 4.69) is 33.9 Å². The molecule has 4 aromatic rings. The zero-order valence-corrected chi connectivity index (χ0v) is 15.2. The number of carbonyl (C=O) groups is 1. The number of amides is 1. The normalized spacial score (nSPS) is 10.9. The van der Waals surface area contributed by atoms with Gasteiger partial charge in [-0.2, -0.15) is 0 Å². The molecule has 0 bridgehead atoms. The standard InChI is InChI=1S/C22H20N2OS/c25-22(20-9-2-1-6-16(20)14-18-7-5-13-26-18)23-12-11-17-15-24-21-10-4-3-8-19(17)21/h1-10,13,15,24H,11-12,14H2,(H,23,25). The predicted molar refractivity (Wildman–Crippen MR) is 108 cm³/mol. The minimum Gasteiger partial charge on any atom is -0.361 e. The molecule has 4 rings (SSSR count). The first kappa shape index (κ1) is 16.6. The van der Waals surface area contributed by atoms with E-state index in [-0.39, 0.29) is 5.91 Å². The van der Waals surface area contributed by atoms with Gasteiger partial charge in [-0.25, -0.2) is 0 Å². The third-order valence-corrected chi connectivity index (χ3v) is 5.44. The molecule has 0 saturated heterocycles. The molecule has 4 heteroatoms. The average Bonchev–Trinajstić information content (AvgIpc) is 3.32. The van der Waals surface area contributed by atoms with Gasteiger partial charge in [0.25, 0.3) is 5.91 Å². The van der Waals surface area contributed by atoms with Crippen molar-refractivity contribution >= 4 is 28.1 Å². The van der Waals surface area contributed by atoms with Crippen LogP contribution in [0.3, 0.4) is 0 Å². The fraction of sp³-hybridized carbons (Fsp3) is 0.136. The number of nitrogens with one attached hydrogen (secondary N) is 2. The Morgan fingerprint density at radius 1 is 0.962 bits per heavy atom. The van der Waals surface area contributed by atoms with Crippen LogP contribution in [0, 0.1) is 0 Å². The summed E-state index contributed by atoms with van der Waals surface area (Å²) in [7, 11) is 0. The molecule has 0 aliphatic heterocycles. The van der Waals surface area contributed by atoms with Crippen molar-refractivity contribution in [2.75, 3.05) is 6.54 Å². The highest BCUT2D eigenvalue weighted by Gasteiger charge is 2.11. The van der Waals surface area contributed by atoms with Crippen molar-refractivity contribution in [3.05, 3.63) is 93.8 Å². The van der Waals surface area contributed by atoms with Gasteiger partial charge in [-0.05, 0) is 41.1 Å². The highest BCUT2D eigenvalue weighted by Crippen LogP contribution is 2.19. The van der Waals surface area contributed by atoms with E-state index in [1.165, 1.54) is 15.8 Å². The smallest absolute Gasteiger partial charge is 0.251 e. The van der Waals surface area contributed by atoms with Crippen LogP contribution in [0.25, 0.3) is 10.9 Å². The summed E-state index contributed by atoms with van der Waals surface area (Å²) in [5.41, 5.74) is 4.20. The van der Waals surface area contributed by atoms with E-state index in [9.17, 15) is 4.79 Å². The van der Waals surface area contributed by atoms with Crippen LogP contribution in [0.2, 0.25) is 0 Å². The quantitative estimate of drug-likeness (QED) is 0.510. The average molecular weight is 360 g/mol. The number of hydrogen-bond acceptors (Lipinski definition) is 2. The first-order valence-electron chi connectivity index (χ1n) is 8.75. The molecule has 0 aliphatic rings. The van der Waals surface area contributed by atoms with Gasteiger partial charge in [0.15, 0.2) is 0 Å². The van der Waals surface area contributed by atoms with Crippen molar-refractivity contribution in [3.8, 4) is 0 Å². The molecule has 0 fully saturated rings. The molecule has 26 heavy (non-hydrogen) atoms. The number of para-hydroxylation sites is 1. The van der Waals surface area contributed by atoms with Crippen LogP contribution in [-0.4, -0.2) is 17.4 Å². The van der Waals surface area contributed by atoms with Crippen molar-refractivity contribution in [2.24, 2.45) is 0 Å². The molecule has 2 aromatic carbocycles. The van der Waals surface area contributed by atoms with Crippen molar-refractivity contribution in [3.63, 3.8) is 0 Å². The number of carbonyl (C=O) groups excluding carboxylic acids is 1. The third-order valence-electron chi connectivity index (χ3n) is 4.56. The number of aromatic nitrogens is 1. The Balaban J connectivity index is 1.42. The third kappa shape index (κ3) is 3.55. The first-order valence-corrected chi connectivity index (χ1v) is 9.63. The van der Waals surface area contributed by atoms with Gasteiger partial charge in [-0.3, -0.25) is 4.79 Å². The lowest BCUT2D eigenvalue weighted by molar-refractivity contribution is 0.0953. The van der Waals surface area contributed by atoms with Crippen molar-refractivity contribution < 1.29 is 4.79 Å². The lowest BCUT2D eigenvalue weighted by atomic mass is 10.0. The highest BCUT2D eigenvalue weighted by molar-refractivity contribution is 7.09. The van der Waals surface area contributed by atoms with Crippen LogP contribution >= 0.6 is 11.3 Å². The molecule has 0 spiro atoms. The molecule has 3 nitrogen and oxygen atoms in total. The fourth-order valence-electron chi connectivity index (χ4n) is 3.24. The summed E-state index contributed by atoms with van der Waals surface area (Å²) in [4.78, 5) is 17.2. The van der Waals surface area contributed by atoms with E-state index in [1.54, 1.807) is 11.3 Å². The summed E-state index contributed by atoms with van der Waals surface area (Å²) in [6, 6.07) is 20.3. The summed E-state index contributed by atoms with van der Waals surface area (Å²) in [6.07, 6.45) is 3.63. The Kier molecular flexibility index (Phi) is 4.84. The van der Waals surface area contributed by atoms with Crippen LogP contribution in [0.5, 0.6) is 0 Å². The van der Waals surface area contributed by atoms with Crippen LogP contribution < -0.4 is 5.32 Å². The summed E-state index contributed by atoms with van der Waals surface area (Å²) < 4.78 is 0. The Bertz CT molecular complexity index is 1020. The van der Waals surface area contributed by atoms with Crippen LogP contribution in [0.15, 0.2) is 72.2 Å². The molecule has 0 saturated carbocycles. The van der Waals surface area contributed by atoms with Gasteiger partial charge >= 0.3 is 0 Å². The molecule has 0 aliphatic carbocycles.